The minimum absolute atomic E-state index is 0.0113. The molecule has 2 rings (SSSR count). The molecule has 1 aliphatic heterocycles. The molecule has 0 atom stereocenters. The molecular weight excluding hydrogens is 290 g/mol. The smallest absolute Gasteiger partial charge is 0.303 e. The summed E-state index contributed by atoms with van der Waals surface area (Å²) in [5.74, 6) is 0.0113. The van der Waals surface area contributed by atoms with Crippen LogP contribution >= 0.6 is 0 Å². The fourth-order valence-corrected chi connectivity index (χ4v) is 3.17. The van der Waals surface area contributed by atoms with Gasteiger partial charge in [0.05, 0.1) is 5.69 Å². The van der Waals surface area contributed by atoms with Crippen LogP contribution in [0.25, 0.3) is 0 Å². The van der Waals surface area contributed by atoms with Crippen LogP contribution in [-0.4, -0.2) is 57.8 Å². The normalized spacial score (nSPS) is 15.5. The van der Waals surface area contributed by atoms with Crippen molar-refractivity contribution in [3.05, 3.63) is 29.8 Å². The SMILES string of the molecule is CN(C)S(=O)(=O)N(C)c1ccc(C(=O)N2CCCC2)cc1. The molecule has 0 unspecified atom stereocenters. The lowest BCUT2D eigenvalue weighted by molar-refractivity contribution is 0.0793. The predicted molar refractivity (Wildman–Crippen MR) is 82.6 cm³/mol. The first kappa shape index (κ1) is 15.8. The lowest BCUT2D eigenvalue weighted by Gasteiger charge is -2.23. The van der Waals surface area contributed by atoms with Crippen LogP contribution in [0, 0.1) is 0 Å². The van der Waals surface area contributed by atoms with E-state index in [1.807, 2.05) is 4.90 Å². The molecule has 1 saturated heterocycles. The Hall–Kier alpha value is -1.60. The summed E-state index contributed by atoms with van der Waals surface area (Å²) in [6.45, 7) is 1.60. The number of nitrogens with zero attached hydrogens (tertiary/aromatic N) is 3. The Bertz CT molecular complexity index is 605. The van der Waals surface area contributed by atoms with E-state index in [0.29, 0.717) is 11.3 Å². The molecule has 0 spiro atoms. The summed E-state index contributed by atoms with van der Waals surface area (Å²) in [6, 6.07) is 6.67. The number of hydrogen-bond acceptors (Lipinski definition) is 3. The van der Waals surface area contributed by atoms with Crippen molar-refractivity contribution in [2.45, 2.75) is 12.8 Å². The number of benzene rings is 1. The van der Waals surface area contributed by atoms with E-state index in [9.17, 15) is 13.2 Å². The van der Waals surface area contributed by atoms with Gasteiger partial charge in [-0.05, 0) is 37.1 Å². The zero-order valence-electron chi connectivity index (χ0n) is 12.6. The topological polar surface area (TPSA) is 60.9 Å². The third kappa shape index (κ3) is 3.19. The summed E-state index contributed by atoms with van der Waals surface area (Å²) in [5.41, 5.74) is 1.12. The van der Waals surface area contributed by atoms with Crippen LogP contribution in [0.15, 0.2) is 24.3 Å². The molecule has 21 heavy (non-hydrogen) atoms. The van der Waals surface area contributed by atoms with Crippen molar-refractivity contribution in [2.24, 2.45) is 0 Å². The minimum Gasteiger partial charge on any atom is -0.339 e. The monoisotopic (exact) mass is 311 g/mol. The fraction of sp³-hybridized carbons (Fsp3) is 0.500. The Kier molecular flexibility index (Phi) is 4.53. The van der Waals surface area contributed by atoms with Crippen LogP contribution in [0.3, 0.4) is 0 Å². The van der Waals surface area contributed by atoms with Crippen molar-refractivity contribution in [2.75, 3.05) is 38.5 Å². The maximum Gasteiger partial charge on any atom is 0.303 e. The summed E-state index contributed by atoms with van der Waals surface area (Å²) in [5, 5.41) is 0. The molecule has 1 aliphatic rings. The Morgan fingerprint density at radius 2 is 1.57 bits per heavy atom. The van der Waals surface area contributed by atoms with Gasteiger partial charge in [-0.1, -0.05) is 0 Å². The standard InChI is InChI=1S/C14H21N3O3S/c1-15(2)21(19,20)16(3)13-8-6-12(7-9-13)14(18)17-10-4-5-11-17/h6-9H,4-5,10-11H2,1-3H3. The maximum atomic E-state index is 12.2. The fourth-order valence-electron chi connectivity index (χ4n) is 2.29. The molecule has 1 aromatic carbocycles. The van der Waals surface area contributed by atoms with Gasteiger partial charge < -0.3 is 4.90 Å². The van der Waals surface area contributed by atoms with Gasteiger partial charge in [-0.15, -0.1) is 0 Å². The molecule has 7 heteroatoms. The zero-order valence-corrected chi connectivity index (χ0v) is 13.4. The molecule has 1 aromatic rings. The van der Waals surface area contributed by atoms with Crippen molar-refractivity contribution in [1.29, 1.82) is 0 Å². The zero-order chi connectivity index (χ0) is 15.6. The van der Waals surface area contributed by atoms with Gasteiger partial charge in [-0.25, -0.2) is 0 Å². The summed E-state index contributed by atoms with van der Waals surface area (Å²) in [7, 11) is 0.952. The van der Waals surface area contributed by atoms with E-state index in [2.05, 4.69) is 0 Å². The van der Waals surface area contributed by atoms with Crippen LogP contribution in [0.2, 0.25) is 0 Å². The van der Waals surface area contributed by atoms with Crippen LogP contribution in [0.5, 0.6) is 0 Å². The first-order valence-corrected chi connectivity index (χ1v) is 8.29. The van der Waals surface area contributed by atoms with E-state index in [-0.39, 0.29) is 5.91 Å². The molecule has 1 fully saturated rings. The first-order chi connectivity index (χ1) is 9.84. The highest BCUT2D eigenvalue weighted by atomic mass is 32.2. The lowest BCUT2D eigenvalue weighted by Crippen LogP contribution is -2.37. The van der Waals surface area contributed by atoms with Crippen molar-refractivity contribution in [1.82, 2.24) is 9.21 Å². The summed E-state index contributed by atoms with van der Waals surface area (Å²) in [6.07, 6.45) is 2.10. The Balaban J connectivity index is 2.17. The molecule has 0 aliphatic carbocycles. The molecule has 116 valence electrons. The quantitative estimate of drug-likeness (QED) is 0.838. The van der Waals surface area contributed by atoms with Crippen molar-refractivity contribution >= 4 is 21.8 Å². The van der Waals surface area contributed by atoms with Crippen molar-refractivity contribution in [3.63, 3.8) is 0 Å². The molecule has 0 radical (unpaired) electrons. The molecule has 6 nitrogen and oxygen atoms in total. The first-order valence-electron chi connectivity index (χ1n) is 6.90. The van der Waals surface area contributed by atoms with Gasteiger partial charge in [0.15, 0.2) is 0 Å². The molecule has 0 bridgehead atoms. The van der Waals surface area contributed by atoms with Crippen LogP contribution in [0.1, 0.15) is 23.2 Å². The molecule has 0 N–H and O–H groups in total. The second-order valence-corrected chi connectivity index (χ2v) is 7.48. The van der Waals surface area contributed by atoms with Crippen LogP contribution in [0.4, 0.5) is 5.69 Å². The average molecular weight is 311 g/mol. The van der Waals surface area contributed by atoms with Crippen molar-refractivity contribution in [3.8, 4) is 0 Å². The van der Waals surface area contributed by atoms with Crippen LogP contribution in [-0.2, 0) is 10.2 Å². The van der Waals surface area contributed by atoms with Gasteiger partial charge in [0.1, 0.15) is 0 Å². The van der Waals surface area contributed by atoms with Gasteiger partial charge in [-0.2, -0.15) is 12.7 Å². The highest BCUT2D eigenvalue weighted by molar-refractivity contribution is 7.90. The van der Waals surface area contributed by atoms with Gasteiger partial charge >= 0.3 is 10.2 Å². The highest BCUT2D eigenvalue weighted by Crippen LogP contribution is 2.20. The number of amides is 1. The molecule has 1 heterocycles. The third-order valence-electron chi connectivity index (χ3n) is 3.68. The predicted octanol–water partition coefficient (Wildman–Crippen LogP) is 1.17. The highest BCUT2D eigenvalue weighted by Gasteiger charge is 2.22. The molecule has 0 saturated carbocycles. The number of carbonyl (C=O) groups excluding carboxylic acids is 1. The van der Waals surface area contributed by atoms with E-state index in [0.717, 1.165) is 30.2 Å². The number of hydrogen-bond donors (Lipinski definition) is 0. The molecular formula is C14H21N3O3S. The van der Waals surface area contributed by atoms with E-state index in [4.69, 9.17) is 0 Å². The Morgan fingerprint density at radius 1 is 1.05 bits per heavy atom. The Labute approximate surface area is 126 Å². The second kappa shape index (κ2) is 6.03. The van der Waals surface area contributed by atoms with Gasteiger partial charge in [0.2, 0.25) is 0 Å². The van der Waals surface area contributed by atoms with Gasteiger partial charge in [0, 0.05) is 39.8 Å². The molecule has 0 aromatic heterocycles. The average Bonchev–Trinajstić information content (AvgIpc) is 3.00. The number of rotatable bonds is 4. The van der Waals surface area contributed by atoms with E-state index >= 15 is 0 Å². The van der Waals surface area contributed by atoms with E-state index in [1.54, 1.807) is 24.3 Å². The van der Waals surface area contributed by atoms with Crippen molar-refractivity contribution < 1.29 is 13.2 Å². The Morgan fingerprint density at radius 3 is 2.05 bits per heavy atom. The maximum absolute atomic E-state index is 12.2. The van der Waals surface area contributed by atoms with Crippen LogP contribution < -0.4 is 4.31 Å². The second-order valence-electron chi connectivity index (χ2n) is 5.30. The van der Waals surface area contributed by atoms with Gasteiger partial charge in [0.25, 0.3) is 5.91 Å². The number of carbonyl (C=O) groups is 1. The van der Waals surface area contributed by atoms with E-state index < -0.39 is 10.2 Å². The summed E-state index contributed by atoms with van der Waals surface area (Å²) in [4.78, 5) is 14.0. The largest absolute Gasteiger partial charge is 0.339 e. The molecule has 1 amide bonds. The summed E-state index contributed by atoms with van der Waals surface area (Å²) < 4.78 is 26.4. The minimum atomic E-state index is -3.51. The van der Waals surface area contributed by atoms with E-state index in [1.165, 1.54) is 25.4 Å². The number of likely N-dealkylation sites (tertiary alicyclic amines) is 1. The third-order valence-corrected chi connectivity index (χ3v) is 5.50. The number of anilines is 1. The lowest BCUT2D eigenvalue weighted by atomic mass is 10.2. The summed E-state index contributed by atoms with van der Waals surface area (Å²) >= 11 is 0. The van der Waals surface area contributed by atoms with Gasteiger partial charge in [-0.3, -0.25) is 9.10 Å².